The Balaban J connectivity index is 1.85. The first kappa shape index (κ1) is 23.3. The summed E-state index contributed by atoms with van der Waals surface area (Å²) in [5.41, 5.74) is 1.000. The van der Waals surface area contributed by atoms with Gasteiger partial charge < -0.3 is 13.9 Å². The van der Waals surface area contributed by atoms with Crippen LogP contribution in [0.4, 0.5) is 0 Å². The molecule has 1 saturated heterocycles. The molecule has 0 N–H and O–H groups in total. The fourth-order valence-electron chi connectivity index (χ4n) is 6.13. The minimum atomic E-state index is -2.14. The Morgan fingerprint density at radius 3 is 2.44 bits per heavy atom. The standard InChI is InChI=1S/C25H36O6Si/c1-13-9-20(29-14(2)26)17-12-19(31-32(7,8)24(3,4)5)15-10-18-16(11-21(27)30-18)22(15)25(17,6)23(13)28/h9,16-18,20,22H,10-12H2,1-8H3/t16-,17+,18-,20+,22-,25-/m0/s1. The molecule has 0 aromatic carbocycles. The van der Waals surface area contributed by atoms with Gasteiger partial charge in [-0.1, -0.05) is 27.7 Å². The molecule has 0 aromatic heterocycles. The second-order valence-electron chi connectivity index (χ2n) is 11.7. The molecule has 0 radical (unpaired) electrons. The van der Waals surface area contributed by atoms with Crippen molar-refractivity contribution >= 4 is 26.0 Å². The van der Waals surface area contributed by atoms with E-state index in [9.17, 15) is 14.4 Å². The molecule has 1 saturated carbocycles. The van der Waals surface area contributed by atoms with Gasteiger partial charge in [0.05, 0.1) is 12.2 Å². The smallest absolute Gasteiger partial charge is 0.306 e. The number of Topliss-reactive ketones (excluding diaryl/α,β-unsaturated/α-hetero) is 1. The number of esters is 2. The molecule has 0 amide bonds. The van der Waals surface area contributed by atoms with E-state index >= 15 is 0 Å². The normalized spacial score (nSPS) is 36.8. The summed E-state index contributed by atoms with van der Waals surface area (Å²) in [6, 6.07) is 0. The van der Waals surface area contributed by atoms with Gasteiger partial charge in [0.2, 0.25) is 8.32 Å². The lowest BCUT2D eigenvalue weighted by Gasteiger charge is -2.52. The maximum Gasteiger partial charge on any atom is 0.306 e. The highest BCUT2D eigenvalue weighted by atomic mass is 28.4. The van der Waals surface area contributed by atoms with Crippen LogP contribution < -0.4 is 0 Å². The Kier molecular flexibility index (Phi) is 5.31. The second-order valence-corrected chi connectivity index (χ2v) is 16.5. The van der Waals surface area contributed by atoms with Gasteiger partial charge in [-0.3, -0.25) is 14.4 Å². The van der Waals surface area contributed by atoms with E-state index in [1.54, 1.807) is 13.0 Å². The van der Waals surface area contributed by atoms with Crippen molar-refractivity contribution in [2.24, 2.45) is 23.2 Å². The molecule has 3 aliphatic carbocycles. The molecule has 6 atom stereocenters. The molecule has 4 aliphatic rings. The van der Waals surface area contributed by atoms with Crippen LogP contribution in [0.1, 0.15) is 60.8 Å². The quantitative estimate of drug-likeness (QED) is 0.449. The predicted octanol–water partition coefficient (Wildman–Crippen LogP) is 4.70. The number of hydrogen-bond acceptors (Lipinski definition) is 6. The van der Waals surface area contributed by atoms with Gasteiger partial charge >= 0.3 is 11.9 Å². The van der Waals surface area contributed by atoms with Crippen molar-refractivity contribution in [2.45, 2.75) is 91.1 Å². The summed E-state index contributed by atoms with van der Waals surface area (Å²) in [7, 11) is -2.14. The maximum absolute atomic E-state index is 13.7. The van der Waals surface area contributed by atoms with Crippen molar-refractivity contribution in [2.75, 3.05) is 0 Å². The number of fused-ring (bicyclic) bond motifs is 5. The Labute approximate surface area is 191 Å². The van der Waals surface area contributed by atoms with Crippen molar-refractivity contribution in [1.82, 2.24) is 0 Å². The number of carbonyl (C=O) groups is 3. The number of carbonyl (C=O) groups excluding carboxylic acids is 3. The van der Waals surface area contributed by atoms with E-state index in [0.29, 0.717) is 24.8 Å². The minimum absolute atomic E-state index is 0.0198. The zero-order valence-electron chi connectivity index (χ0n) is 20.5. The molecule has 1 aliphatic heterocycles. The van der Waals surface area contributed by atoms with Gasteiger partial charge in [0.1, 0.15) is 12.2 Å². The summed E-state index contributed by atoms with van der Waals surface area (Å²) in [4.78, 5) is 37.8. The number of hydrogen-bond donors (Lipinski definition) is 0. The average molecular weight is 461 g/mol. The lowest BCUT2D eigenvalue weighted by atomic mass is 9.52. The summed E-state index contributed by atoms with van der Waals surface area (Å²) in [6.07, 6.45) is 2.60. The first-order valence-corrected chi connectivity index (χ1v) is 14.6. The van der Waals surface area contributed by atoms with Gasteiger partial charge in [0, 0.05) is 42.9 Å². The topological polar surface area (TPSA) is 78.9 Å². The molecule has 32 heavy (non-hydrogen) atoms. The molecular weight excluding hydrogens is 424 g/mol. The van der Waals surface area contributed by atoms with Gasteiger partial charge in [0.25, 0.3) is 0 Å². The van der Waals surface area contributed by atoms with Crippen LogP contribution in [0.5, 0.6) is 0 Å². The highest BCUT2D eigenvalue weighted by molar-refractivity contribution is 6.74. The van der Waals surface area contributed by atoms with Crippen molar-refractivity contribution in [3.63, 3.8) is 0 Å². The maximum atomic E-state index is 13.7. The third-order valence-electron chi connectivity index (χ3n) is 8.71. The summed E-state index contributed by atoms with van der Waals surface area (Å²) in [6.45, 7) is 16.3. The van der Waals surface area contributed by atoms with Crippen LogP contribution in [0.2, 0.25) is 18.1 Å². The van der Waals surface area contributed by atoms with E-state index < -0.39 is 19.8 Å². The largest absolute Gasteiger partial charge is 0.547 e. The Morgan fingerprint density at radius 2 is 1.84 bits per heavy atom. The van der Waals surface area contributed by atoms with Gasteiger partial charge in [-0.25, -0.2) is 0 Å². The van der Waals surface area contributed by atoms with E-state index in [1.165, 1.54) is 6.92 Å². The molecule has 0 unspecified atom stereocenters. The van der Waals surface area contributed by atoms with Gasteiger partial charge in [-0.2, -0.15) is 0 Å². The third-order valence-corrected chi connectivity index (χ3v) is 13.1. The summed E-state index contributed by atoms with van der Waals surface area (Å²) in [5, 5.41) is 0.0198. The van der Waals surface area contributed by atoms with Crippen LogP contribution in [0.15, 0.2) is 23.0 Å². The number of ether oxygens (including phenoxy) is 2. The van der Waals surface area contributed by atoms with Crippen LogP contribution in [0.3, 0.4) is 0 Å². The highest BCUT2D eigenvalue weighted by Gasteiger charge is 2.65. The predicted molar refractivity (Wildman–Crippen MR) is 122 cm³/mol. The van der Waals surface area contributed by atoms with Crippen molar-refractivity contribution < 1.29 is 28.3 Å². The van der Waals surface area contributed by atoms with Crippen LogP contribution in [-0.4, -0.2) is 38.2 Å². The number of ketones is 1. The lowest BCUT2D eigenvalue weighted by Crippen LogP contribution is -2.55. The minimum Gasteiger partial charge on any atom is -0.547 e. The van der Waals surface area contributed by atoms with Crippen LogP contribution in [0, 0.1) is 23.2 Å². The number of allylic oxidation sites excluding steroid dienone is 2. The van der Waals surface area contributed by atoms with Gasteiger partial charge in [-0.15, -0.1) is 0 Å². The molecule has 0 spiro atoms. The average Bonchev–Trinajstić information content (AvgIpc) is 3.16. The lowest BCUT2D eigenvalue weighted by molar-refractivity contribution is -0.156. The highest BCUT2D eigenvalue weighted by Crippen LogP contribution is 2.63. The fraction of sp³-hybridized carbons (Fsp3) is 0.720. The third kappa shape index (κ3) is 3.39. The van der Waals surface area contributed by atoms with E-state index in [-0.39, 0.29) is 46.6 Å². The molecule has 1 heterocycles. The Bertz CT molecular complexity index is 939. The fourth-order valence-corrected chi connectivity index (χ4v) is 7.27. The second kappa shape index (κ2) is 7.30. The molecule has 0 aromatic rings. The summed E-state index contributed by atoms with van der Waals surface area (Å²) < 4.78 is 18.3. The first-order valence-electron chi connectivity index (χ1n) is 11.7. The van der Waals surface area contributed by atoms with Gasteiger partial charge in [-0.05, 0) is 42.3 Å². The van der Waals surface area contributed by atoms with Crippen molar-refractivity contribution in [3.8, 4) is 0 Å². The van der Waals surface area contributed by atoms with Crippen molar-refractivity contribution in [3.05, 3.63) is 23.0 Å². The molecule has 176 valence electrons. The van der Waals surface area contributed by atoms with E-state index in [2.05, 4.69) is 33.9 Å². The van der Waals surface area contributed by atoms with E-state index in [0.717, 1.165) is 11.3 Å². The first-order chi connectivity index (χ1) is 14.7. The van der Waals surface area contributed by atoms with Crippen LogP contribution in [0.25, 0.3) is 0 Å². The molecule has 7 heteroatoms. The van der Waals surface area contributed by atoms with E-state index in [4.69, 9.17) is 13.9 Å². The molecule has 2 fully saturated rings. The van der Waals surface area contributed by atoms with Gasteiger partial charge in [0.15, 0.2) is 5.78 Å². The van der Waals surface area contributed by atoms with Crippen LogP contribution in [-0.2, 0) is 28.3 Å². The Morgan fingerprint density at radius 1 is 1.19 bits per heavy atom. The molecule has 6 nitrogen and oxygen atoms in total. The summed E-state index contributed by atoms with van der Waals surface area (Å²) in [5.74, 6) is 0.0466. The summed E-state index contributed by atoms with van der Waals surface area (Å²) >= 11 is 0. The molecular formula is C25H36O6Si. The molecule has 4 rings (SSSR count). The Hall–Kier alpha value is -1.89. The monoisotopic (exact) mass is 460 g/mol. The molecule has 0 bridgehead atoms. The van der Waals surface area contributed by atoms with E-state index in [1.807, 2.05) is 6.92 Å². The zero-order valence-corrected chi connectivity index (χ0v) is 21.5. The van der Waals surface area contributed by atoms with Crippen LogP contribution >= 0.6 is 0 Å². The zero-order chi connectivity index (χ0) is 23.8. The number of rotatable bonds is 3. The SMILES string of the molecule is CC(=O)O[C@@H]1C=C(C)C(=O)[C@@]2(C)[C@@H]1CC(O[Si](C)(C)C(C)(C)C)=C1C[C@@H]3OC(=O)C[C@@H]3[C@H]12. The van der Waals surface area contributed by atoms with Crippen molar-refractivity contribution in [1.29, 1.82) is 0 Å².